The largest absolute Gasteiger partial charge is 0.481 e. The monoisotopic (exact) mass is 502 g/mol. The van der Waals surface area contributed by atoms with Gasteiger partial charge in [-0.1, -0.05) is 0 Å². The summed E-state index contributed by atoms with van der Waals surface area (Å²) in [6.45, 7) is 7.42. The van der Waals surface area contributed by atoms with E-state index in [1.807, 2.05) is 33.1 Å². The minimum absolute atomic E-state index is 0.0338. The molecule has 1 aromatic carbocycles. The number of hydrogen-bond donors (Lipinski definition) is 3. The van der Waals surface area contributed by atoms with Crippen LogP contribution in [0.1, 0.15) is 40.9 Å². The van der Waals surface area contributed by atoms with Crippen LogP contribution in [0.2, 0.25) is 0 Å². The molecule has 0 radical (unpaired) electrons. The van der Waals surface area contributed by atoms with Gasteiger partial charge in [-0.05, 0) is 63.3 Å². The lowest BCUT2D eigenvalue weighted by Gasteiger charge is -2.18. The van der Waals surface area contributed by atoms with Gasteiger partial charge in [-0.15, -0.1) is 0 Å². The van der Waals surface area contributed by atoms with E-state index in [4.69, 9.17) is 13.9 Å². The molecule has 0 saturated heterocycles. The molecule has 0 bridgehead atoms. The zero-order valence-electron chi connectivity index (χ0n) is 20.5. The molecule has 2 heterocycles. The van der Waals surface area contributed by atoms with Gasteiger partial charge in [0, 0.05) is 22.9 Å². The summed E-state index contributed by atoms with van der Waals surface area (Å²) >= 11 is 1.52. The number of carbonyl (C=O) groups is 3. The van der Waals surface area contributed by atoms with Crippen molar-refractivity contribution < 1.29 is 28.3 Å². The summed E-state index contributed by atoms with van der Waals surface area (Å²) < 4.78 is 11.5. The van der Waals surface area contributed by atoms with Crippen LogP contribution in [0.5, 0.6) is 0 Å². The third-order valence-corrected chi connectivity index (χ3v) is 6.83. The Morgan fingerprint density at radius 2 is 1.69 bits per heavy atom. The molecule has 9 nitrogen and oxygen atoms in total. The third kappa shape index (κ3) is 5.70. The Labute approximate surface area is 206 Å². The van der Waals surface area contributed by atoms with Crippen molar-refractivity contribution >= 4 is 51.5 Å². The van der Waals surface area contributed by atoms with Crippen molar-refractivity contribution in [2.24, 2.45) is 0 Å². The second-order valence-corrected chi connectivity index (χ2v) is 9.53. The summed E-state index contributed by atoms with van der Waals surface area (Å²) in [6, 6.07) is 1.08. The summed E-state index contributed by atoms with van der Waals surface area (Å²) in [5.74, 6) is -0.572. The van der Waals surface area contributed by atoms with Crippen molar-refractivity contribution in [3.8, 4) is 0 Å². The molecule has 0 saturated carbocycles. The van der Waals surface area contributed by atoms with Gasteiger partial charge in [0.25, 0.3) is 0 Å². The number of hydrogen-bond acceptors (Lipinski definition) is 7. The summed E-state index contributed by atoms with van der Waals surface area (Å²) in [6.07, 6.45) is 1.79. The van der Waals surface area contributed by atoms with Crippen molar-refractivity contribution in [3.05, 3.63) is 44.5 Å². The number of aryl methyl sites for hydroxylation is 4. The van der Waals surface area contributed by atoms with E-state index in [0.29, 0.717) is 28.9 Å². The Morgan fingerprint density at radius 1 is 1.03 bits per heavy atom. The lowest BCUT2D eigenvalue weighted by atomic mass is 9.98. The normalized spacial score (nSPS) is 12.1. The SMILES string of the molecule is CSCC[C@H](NC(=O)Cc1c(C)c2cc3c(C)c(C)oc3c(C)c2oc1=O)C(=O)NCCC(=O)O. The highest BCUT2D eigenvalue weighted by atomic mass is 32.2. The molecule has 35 heavy (non-hydrogen) atoms. The summed E-state index contributed by atoms with van der Waals surface area (Å²) in [5, 5.41) is 15.6. The Morgan fingerprint density at radius 3 is 2.34 bits per heavy atom. The number of amides is 2. The van der Waals surface area contributed by atoms with Gasteiger partial charge >= 0.3 is 11.6 Å². The highest BCUT2D eigenvalue weighted by molar-refractivity contribution is 7.98. The van der Waals surface area contributed by atoms with E-state index in [1.165, 1.54) is 11.8 Å². The predicted molar refractivity (Wildman–Crippen MR) is 135 cm³/mol. The zero-order valence-corrected chi connectivity index (χ0v) is 21.3. The Bertz CT molecular complexity index is 1360. The van der Waals surface area contributed by atoms with E-state index < -0.39 is 29.5 Å². The second-order valence-electron chi connectivity index (χ2n) is 8.54. The van der Waals surface area contributed by atoms with Crippen molar-refractivity contribution in [1.82, 2.24) is 10.6 Å². The topological polar surface area (TPSA) is 139 Å². The molecule has 3 rings (SSSR count). The average molecular weight is 503 g/mol. The number of carboxylic acids is 1. The van der Waals surface area contributed by atoms with Gasteiger partial charge in [-0.2, -0.15) is 11.8 Å². The second kappa shape index (κ2) is 11.0. The molecular weight excluding hydrogens is 472 g/mol. The Balaban J connectivity index is 1.88. The van der Waals surface area contributed by atoms with Crippen molar-refractivity contribution in [2.45, 2.75) is 53.0 Å². The minimum atomic E-state index is -1.03. The van der Waals surface area contributed by atoms with E-state index >= 15 is 0 Å². The van der Waals surface area contributed by atoms with E-state index in [-0.39, 0.29) is 24.9 Å². The smallest absolute Gasteiger partial charge is 0.340 e. The predicted octanol–water partition coefficient (Wildman–Crippen LogP) is 3.14. The zero-order chi connectivity index (χ0) is 25.9. The number of aliphatic carboxylic acids is 1. The third-order valence-electron chi connectivity index (χ3n) is 6.18. The van der Waals surface area contributed by atoms with E-state index in [0.717, 1.165) is 27.7 Å². The first kappa shape index (κ1) is 26.3. The van der Waals surface area contributed by atoms with Gasteiger partial charge in [0.2, 0.25) is 11.8 Å². The fourth-order valence-corrected chi connectivity index (χ4v) is 4.49. The molecule has 3 aromatic rings. The average Bonchev–Trinajstić information content (AvgIpc) is 3.08. The van der Waals surface area contributed by atoms with Crippen molar-refractivity contribution in [2.75, 3.05) is 18.6 Å². The molecule has 2 amide bonds. The fraction of sp³-hybridized carbons (Fsp3) is 0.440. The number of benzene rings is 1. The van der Waals surface area contributed by atoms with Gasteiger partial charge < -0.3 is 24.6 Å². The van der Waals surface area contributed by atoms with E-state index in [1.54, 1.807) is 6.92 Å². The molecule has 0 aliphatic rings. The minimum Gasteiger partial charge on any atom is -0.481 e. The van der Waals surface area contributed by atoms with Crippen LogP contribution in [0.4, 0.5) is 0 Å². The maximum Gasteiger partial charge on any atom is 0.340 e. The molecule has 0 unspecified atom stereocenters. The van der Waals surface area contributed by atoms with Crippen LogP contribution in [0, 0.1) is 27.7 Å². The maximum absolute atomic E-state index is 12.9. The van der Waals surface area contributed by atoms with Crippen LogP contribution in [0.15, 0.2) is 19.7 Å². The molecule has 3 N–H and O–H groups in total. The number of nitrogens with one attached hydrogen (secondary N) is 2. The molecule has 0 aliphatic heterocycles. The highest BCUT2D eigenvalue weighted by Gasteiger charge is 2.23. The quantitative estimate of drug-likeness (QED) is 0.359. The van der Waals surface area contributed by atoms with Crippen molar-refractivity contribution in [3.63, 3.8) is 0 Å². The lowest BCUT2D eigenvalue weighted by Crippen LogP contribution is -2.48. The van der Waals surface area contributed by atoms with Crippen LogP contribution >= 0.6 is 11.8 Å². The molecule has 188 valence electrons. The van der Waals surface area contributed by atoms with E-state index in [2.05, 4.69) is 10.6 Å². The molecule has 0 aliphatic carbocycles. The van der Waals surface area contributed by atoms with Gasteiger partial charge in [0.1, 0.15) is 23.0 Å². The number of carboxylic acid groups (broad SMARTS) is 1. The molecule has 2 aromatic heterocycles. The van der Waals surface area contributed by atoms with Gasteiger partial charge in [0.15, 0.2) is 0 Å². The van der Waals surface area contributed by atoms with Crippen molar-refractivity contribution in [1.29, 1.82) is 0 Å². The van der Waals surface area contributed by atoms with Crippen LogP contribution in [0.3, 0.4) is 0 Å². The molecule has 0 fully saturated rings. The fourth-order valence-electron chi connectivity index (χ4n) is 4.02. The molecule has 1 atom stereocenters. The summed E-state index contributed by atoms with van der Waals surface area (Å²) in [7, 11) is 0. The molecular formula is C25H30N2O7S. The Hall–Kier alpha value is -3.27. The van der Waals surface area contributed by atoms with Gasteiger partial charge in [0.05, 0.1) is 18.4 Å². The summed E-state index contributed by atoms with van der Waals surface area (Å²) in [5.41, 5.74) is 3.07. The number of furan rings is 1. The van der Waals surface area contributed by atoms with Gasteiger partial charge in [-0.25, -0.2) is 4.79 Å². The van der Waals surface area contributed by atoms with Crippen LogP contribution in [-0.4, -0.2) is 47.5 Å². The number of rotatable bonds is 10. The highest BCUT2D eigenvalue weighted by Crippen LogP contribution is 2.34. The molecule has 0 spiro atoms. The molecule has 10 heteroatoms. The number of fused-ring (bicyclic) bond motifs is 2. The number of carbonyl (C=O) groups excluding carboxylic acids is 2. The maximum atomic E-state index is 12.9. The first-order valence-corrected chi connectivity index (χ1v) is 12.7. The van der Waals surface area contributed by atoms with Crippen LogP contribution in [-0.2, 0) is 20.8 Å². The van der Waals surface area contributed by atoms with Gasteiger partial charge in [-0.3, -0.25) is 14.4 Å². The first-order chi connectivity index (χ1) is 16.5. The standard InChI is InChI=1S/C25H30N2O7S/c1-12-15(4)33-22-14(3)23-17(10-16(12)22)13(2)18(25(32)34-23)11-20(28)27-19(7-9-35-5)24(31)26-8-6-21(29)30/h10,19H,6-9,11H2,1-5H3,(H,26,31)(H,27,28)(H,29,30)/t19-/m0/s1. The van der Waals surface area contributed by atoms with E-state index in [9.17, 15) is 19.2 Å². The summed E-state index contributed by atoms with van der Waals surface area (Å²) in [4.78, 5) is 48.9. The lowest BCUT2D eigenvalue weighted by molar-refractivity contribution is -0.137. The van der Waals surface area contributed by atoms with Crippen LogP contribution in [0.25, 0.3) is 21.9 Å². The van der Waals surface area contributed by atoms with Crippen LogP contribution < -0.4 is 16.3 Å². The first-order valence-electron chi connectivity index (χ1n) is 11.3. The Kier molecular flexibility index (Phi) is 8.26. The number of thioether (sulfide) groups is 1.